The zero-order chi connectivity index (χ0) is 13.1. The van der Waals surface area contributed by atoms with Crippen LogP contribution in [0.4, 0.5) is 0 Å². The maximum Gasteiger partial charge on any atom is 0.216 e. The van der Waals surface area contributed by atoms with E-state index in [4.69, 9.17) is 4.74 Å². The molecule has 3 nitrogen and oxygen atoms in total. The summed E-state index contributed by atoms with van der Waals surface area (Å²) in [6.07, 6.45) is 2.14. The van der Waals surface area contributed by atoms with Crippen molar-refractivity contribution >= 4 is 16.8 Å². The second-order valence-corrected chi connectivity index (χ2v) is 4.19. The Hall–Kier alpha value is -1.77. The van der Waals surface area contributed by atoms with E-state index < -0.39 is 0 Å². The third-order valence-corrected chi connectivity index (χ3v) is 3.02. The van der Waals surface area contributed by atoms with Crippen molar-refractivity contribution in [2.45, 2.75) is 20.8 Å². The van der Waals surface area contributed by atoms with Crippen LogP contribution in [0.5, 0.6) is 0 Å². The molecule has 1 aliphatic rings. The van der Waals surface area contributed by atoms with Crippen LogP contribution in [-0.4, -0.2) is 23.6 Å². The average Bonchev–Trinajstić information content (AvgIpc) is 3.02. The van der Waals surface area contributed by atoms with Crippen molar-refractivity contribution in [1.29, 1.82) is 0 Å². The lowest BCUT2D eigenvalue weighted by atomic mass is 10.1. The highest BCUT2D eigenvalue weighted by atomic mass is 16.5. The number of rotatable bonds is 1. The Bertz CT molecular complexity index is 581. The molecule has 0 saturated carbocycles. The van der Waals surface area contributed by atoms with Gasteiger partial charge in [0.15, 0.2) is 0 Å². The molecule has 0 saturated heterocycles. The van der Waals surface area contributed by atoms with Crippen LogP contribution in [0.2, 0.25) is 0 Å². The number of benzene rings is 1. The SMILES string of the molecule is CC.Cc1cn(C)c2ccc(C3=NCCO3)cc12. The summed E-state index contributed by atoms with van der Waals surface area (Å²) in [5.41, 5.74) is 3.62. The molecule has 3 rings (SSSR count). The largest absolute Gasteiger partial charge is 0.476 e. The third kappa shape index (κ3) is 2.13. The Morgan fingerprint density at radius 3 is 2.72 bits per heavy atom. The van der Waals surface area contributed by atoms with Crippen molar-refractivity contribution in [3.05, 3.63) is 35.5 Å². The monoisotopic (exact) mass is 244 g/mol. The quantitative estimate of drug-likeness (QED) is 0.756. The van der Waals surface area contributed by atoms with E-state index in [0.29, 0.717) is 6.61 Å². The van der Waals surface area contributed by atoms with Crippen molar-refractivity contribution < 1.29 is 4.74 Å². The molecule has 0 fully saturated rings. The molecule has 0 bridgehead atoms. The van der Waals surface area contributed by atoms with Crippen molar-refractivity contribution in [2.75, 3.05) is 13.2 Å². The minimum atomic E-state index is 0.709. The minimum Gasteiger partial charge on any atom is -0.476 e. The molecule has 0 N–H and O–H groups in total. The van der Waals surface area contributed by atoms with Crippen molar-refractivity contribution in [2.24, 2.45) is 12.0 Å². The second-order valence-electron chi connectivity index (χ2n) is 4.19. The van der Waals surface area contributed by atoms with Crippen LogP contribution < -0.4 is 0 Å². The fraction of sp³-hybridized carbons (Fsp3) is 0.400. The van der Waals surface area contributed by atoms with Gasteiger partial charge in [-0.25, -0.2) is 4.99 Å². The van der Waals surface area contributed by atoms with Crippen molar-refractivity contribution in [1.82, 2.24) is 4.57 Å². The number of aliphatic imine (C=N–C) groups is 1. The maximum atomic E-state index is 5.48. The number of aryl methyl sites for hydroxylation is 2. The topological polar surface area (TPSA) is 26.5 Å². The van der Waals surface area contributed by atoms with Crippen LogP contribution in [-0.2, 0) is 11.8 Å². The fourth-order valence-corrected chi connectivity index (χ4v) is 2.23. The Labute approximate surface area is 108 Å². The van der Waals surface area contributed by atoms with Crippen molar-refractivity contribution in [3.63, 3.8) is 0 Å². The van der Waals surface area contributed by atoms with E-state index in [-0.39, 0.29) is 0 Å². The van der Waals surface area contributed by atoms with Gasteiger partial charge in [-0.05, 0) is 30.7 Å². The molecule has 0 spiro atoms. The molecule has 3 heteroatoms. The van der Waals surface area contributed by atoms with Crippen LogP contribution in [0.3, 0.4) is 0 Å². The molecular formula is C15H20N2O. The Kier molecular flexibility index (Phi) is 3.70. The third-order valence-electron chi connectivity index (χ3n) is 3.02. The summed E-state index contributed by atoms with van der Waals surface area (Å²) in [5, 5.41) is 1.28. The molecule has 0 amide bonds. The van der Waals surface area contributed by atoms with Gasteiger partial charge in [-0.3, -0.25) is 0 Å². The summed E-state index contributed by atoms with van der Waals surface area (Å²) in [7, 11) is 2.07. The molecule has 0 radical (unpaired) electrons. The van der Waals surface area contributed by atoms with Crippen LogP contribution in [0, 0.1) is 6.92 Å². The number of aromatic nitrogens is 1. The van der Waals surface area contributed by atoms with Gasteiger partial charge in [0, 0.05) is 29.7 Å². The first kappa shape index (κ1) is 12.7. The normalized spacial score (nSPS) is 13.9. The lowest BCUT2D eigenvalue weighted by molar-refractivity contribution is 0.348. The van der Waals surface area contributed by atoms with Gasteiger partial charge in [-0.15, -0.1) is 0 Å². The molecule has 1 aromatic carbocycles. The highest BCUT2D eigenvalue weighted by Crippen LogP contribution is 2.22. The predicted octanol–water partition coefficient (Wildman–Crippen LogP) is 3.29. The van der Waals surface area contributed by atoms with E-state index in [2.05, 4.69) is 47.9 Å². The predicted molar refractivity (Wildman–Crippen MR) is 76.4 cm³/mol. The van der Waals surface area contributed by atoms with Gasteiger partial charge in [-0.2, -0.15) is 0 Å². The lowest BCUT2D eigenvalue weighted by Crippen LogP contribution is -2.00. The zero-order valence-electron chi connectivity index (χ0n) is 11.5. The van der Waals surface area contributed by atoms with E-state index in [1.807, 2.05) is 13.8 Å². The fourth-order valence-electron chi connectivity index (χ4n) is 2.23. The highest BCUT2D eigenvalue weighted by molar-refractivity contribution is 5.99. The van der Waals surface area contributed by atoms with Crippen LogP contribution in [0.15, 0.2) is 29.4 Å². The van der Waals surface area contributed by atoms with Gasteiger partial charge in [0.05, 0.1) is 6.54 Å². The molecule has 96 valence electrons. The highest BCUT2D eigenvalue weighted by Gasteiger charge is 2.12. The van der Waals surface area contributed by atoms with Gasteiger partial charge < -0.3 is 9.30 Å². The molecule has 0 atom stereocenters. The lowest BCUT2D eigenvalue weighted by Gasteiger charge is -2.02. The summed E-state index contributed by atoms with van der Waals surface area (Å²) in [5.74, 6) is 0.783. The number of fused-ring (bicyclic) bond motifs is 1. The van der Waals surface area contributed by atoms with E-state index in [1.54, 1.807) is 0 Å². The Balaban J connectivity index is 0.000000574. The van der Waals surface area contributed by atoms with E-state index in [9.17, 15) is 0 Å². The van der Waals surface area contributed by atoms with Crippen LogP contribution in [0.1, 0.15) is 25.0 Å². The summed E-state index contributed by atoms with van der Waals surface area (Å²) < 4.78 is 7.62. The maximum absolute atomic E-state index is 5.48. The van der Waals surface area contributed by atoms with E-state index >= 15 is 0 Å². The number of ether oxygens (including phenoxy) is 1. The van der Waals surface area contributed by atoms with Crippen molar-refractivity contribution in [3.8, 4) is 0 Å². The number of hydrogen-bond acceptors (Lipinski definition) is 2. The zero-order valence-corrected chi connectivity index (χ0v) is 11.5. The van der Waals surface area contributed by atoms with Gasteiger partial charge in [0.1, 0.15) is 6.61 Å². The molecule has 0 aliphatic carbocycles. The van der Waals surface area contributed by atoms with Crippen LogP contribution >= 0.6 is 0 Å². The van der Waals surface area contributed by atoms with E-state index in [1.165, 1.54) is 16.5 Å². The molecule has 0 unspecified atom stereocenters. The summed E-state index contributed by atoms with van der Waals surface area (Å²) >= 11 is 0. The van der Waals surface area contributed by atoms with Gasteiger partial charge in [0.2, 0.25) is 5.90 Å². The van der Waals surface area contributed by atoms with Gasteiger partial charge in [-0.1, -0.05) is 13.8 Å². The number of hydrogen-bond donors (Lipinski definition) is 0. The molecule has 2 aromatic rings. The first-order chi connectivity index (χ1) is 8.75. The minimum absolute atomic E-state index is 0.709. The standard InChI is InChI=1S/C13H14N2O.C2H6/c1-9-8-15(2)12-4-3-10(7-11(9)12)13-14-5-6-16-13;1-2/h3-4,7-8H,5-6H2,1-2H3;1-2H3. The Morgan fingerprint density at radius 1 is 1.28 bits per heavy atom. The van der Waals surface area contributed by atoms with E-state index in [0.717, 1.165) is 18.0 Å². The average molecular weight is 244 g/mol. The molecule has 1 aromatic heterocycles. The molecule has 1 aliphatic heterocycles. The van der Waals surface area contributed by atoms with Crippen LogP contribution in [0.25, 0.3) is 10.9 Å². The van der Waals surface area contributed by atoms with Gasteiger partial charge in [0.25, 0.3) is 0 Å². The first-order valence-corrected chi connectivity index (χ1v) is 6.49. The first-order valence-electron chi connectivity index (χ1n) is 6.49. The summed E-state index contributed by atoms with van der Waals surface area (Å²) in [6.45, 7) is 7.62. The second kappa shape index (κ2) is 5.25. The Morgan fingerprint density at radius 2 is 2.06 bits per heavy atom. The summed E-state index contributed by atoms with van der Waals surface area (Å²) in [4.78, 5) is 4.34. The molecule has 2 heterocycles. The number of nitrogens with zero attached hydrogens (tertiary/aromatic N) is 2. The smallest absolute Gasteiger partial charge is 0.216 e. The summed E-state index contributed by atoms with van der Waals surface area (Å²) in [6, 6.07) is 6.36. The molecular weight excluding hydrogens is 224 g/mol. The van der Waals surface area contributed by atoms with Gasteiger partial charge >= 0.3 is 0 Å². The molecule has 18 heavy (non-hydrogen) atoms.